The van der Waals surface area contributed by atoms with Crippen LogP contribution < -0.4 is 14.3 Å². The van der Waals surface area contributed by atoms with Gasteiger partial charge in [0, 0.05) is 23.6 Å². The van der Waals surface area contributed by atoms with E-state index in [0.29, 0.717) is 5.92 Å². The lowest BCUT2D eigenvalue weighted by molar-refractivity contribution is 0.395. The van der Waals surface area contributed by atoms with Crippen molar-refractivity contribution >= 4 is 17.0 Å². The van der Waals surface area contributed by atoms with Crippen molar-refractivity contribution < 1.29 is 9.47 Å². The van der Waals surface area contributed by atoms with E-state index in [-0.39, 0.29) is 0 Å². The molecule has 0 spiro atoms. The van der Waals surface area contributed by atoms with Gasteiger partial charge in [-0.3, -0.25) is 0 Å². The van der Waals surface area contributed by atoms with Crippen molar-refractivity contribution in [1.82, 2.24) is 4.57 Å². The molecular weight excluding hydrogens is 368 g/mol. The summed E-state index contributed by atoms with van der Waals surface area (Å²) < 4.78 is 13.3. The quantitative estimate of drug-likeness (QED) is 0.533. The molecule has 3 rings (SSSR count). The molecule has 4 nitrogen and oxygen atoms in total. The van der Waals surface area contributed by atoms with Crippen LogP contribution in [0.5, 0.6) is 11.5 Å². The van der Waals surface area contributed by atoms with E-state index in [9.17, 15) is 0 Å². The van der Waals surface area contributed by atoms with E-state index in [2.05, 4.69) is 61.9 Å². The monoisotopic (exact) mass is 396 g/mol. The van der Waals surface area contributed by atoms with Crippen LogP contribution in [0.4, 0.5) is 5.69 Å². The molecule has 3 aromatic rings. The van der Waals surface area contributed by atoms with Crippen LogP contribution in [-0.2, 0) is 6.54 Å². The Morgan fingerprint density at radius 1 is 1.04 bits per heavy atom. The van der Waals surface area contributed by atoms with Crippen LogP contribution in [0, 0.1) is 19.8 Å². The molecule has 0 bridgehead atoms. The molecular formula is C23H28N2O2S. The van der Waals surface area contributed by atoms with E-state index in [0.717, 1.165) is 39.8 Å². The molecule has 0 amide bonds. The van der Waals surface area contributed by atoms with Crippen molar-refractivity contribution in [2.75, 3.05) is 14.2 Å². The number of methoxy groups -OCH3 is 2. The molecule has 5 heteroatoms. The highest BCUT2D eigenvalue weighted by molar-refractivity contribution is 7.07. The summed E-state index contributed by atoms with van der Waals surface area (Å²) in [5.41, 5.74) is 5.57. The van der Waals surface area contributed by atoms with Crippen LogP contribution in [-0.4, -0.2) is 18.8 Å². The lowest BCUT2D eigenvalue weighted by Gasteiger charge is -2.15. The van der Waals surface area contributed by atoms with Gasteiger partial charge in [-0.1, -0.05) is 26.0 Å². The number of benzene rings is 2. The van der Waals surface area contributed by atoms with Crippen molar-refractivity contribution in [1.29, 1.82) is 0 Å². The minimum absolute atomic E-state index is 0.496. The highest BCUT2D eigenvalue weighted by Gasteiger charge is 2.15. The van der Waals surface area contributed by atoms with E-state index < -0.39 is 0 Å². The van der Waals surface area contributed by atoms with Gasteiger partial charge in [0.05, 0.1) is 25.6 Å². The van der Waals surface area contributed by atoms with Crippen LogP contribution in [0.25, 0.3) is 11.3 Å². The molecule has 0 saturated carbocycles. The number of hydrogen-bond acceptors (Lipinski definition) is 4. The first-order chi connectivity index (χ1) is 13.4. The normalized spacial score (nSPS) is 11.9. The molecule has 0 saturated heterocycles. The summed E-state index contributed by atoms with van der Waals surface area (Å²) in [7, 11) is 3.36. The molecule has 0 aliphatic carbocycles. The zero-order chi connectivity index (χ0) is 20.3. The second-order valence-corrected chi connectivity index (χ2v) is 8.21. The molecule has 1 aromatic heterocycles. The average molecular weight is 397 g/mol. The summed E-state index contributed by atoms with van der Waals surface area (Å²) in [4.78, 5) is 6.00. The topological polar surface area (TPSA) is 35.8 Å². The Hall–Kier alpha value is -2.53. The average Bonchev–Trinajstić information content (AvgIpc) is 3.05. The van der Waals surface area contributed by atoms with Crippen molar-refractivity contribution in [2.24, 2.45) is 10.9 Å². The maximum Gasteiger partial charge on any atom is 0.190 e. The van der Waals surface area contributed by atoms with E-state index >= 15 is 0 Å². The van der Waals surface area contributed by atoms with Gasteiger partial charge in [0.15, 0.2) is 4.80 Å². The Kier molecular flexibility index (Phi) is 6.25. The standard InChI is InChI=1S/C23H28N2O2S/c1-15(2)13-25-21(19-10-9-18(26-5)12-22(19)27-6)14-28-23(25)24-20-11-16(3)7-8-17(20)4/h7-12,14-15H,13H2,1-6H3. The van der Waals surface area contributed by atoms with Crippen LogP contribution in [0.15, 0.2) is 46.8 Å². The molecule has 148 valence electrons. The molecule has 0 atom stereocenters. The van der Waals surface area contributed by atoms with Crippen LogP contribution in [0.2, 0.25) is 0 Å². The Bertz CT molecular complexity index is 1030. The molecule has 0 aliphatic rings. The number of aryl methyl sites for hydroxylation is 2. The largest absolute Gasteiger partial charge is 0.497 e. The third-order valence-electron chi connectivity index (χ3n) is 4.61. The summed E-state index contributed by atoms with van der Waals surface area (Å²) in [5, 5.41) is 2.16. The molecule has 0 fully saturated rings. The Morgan fingerprint density at radius 2 is 1.82 bits per heavy atom. The van der Waals surface area contributed by atoms with Gasteiger partial charge in [0.25, 0.3) is 0 Å². The molecule has 0 aliphatic heterocycles. The summed E-state index contributed by atoms with van der Waals surface area (Å²) >= 11 is 1.66. The first-order valence-electron chi connectivity index (χ1n) is 9.45. The van der Waals surface area contributed by atoms with E-state index in [1.807, 2.05) is 12.1 Å². The fourth-order valence-electron chi connectivity index (χ4n) is 3.13. The smallest absolute Gasteiger partial charge is 0.190 e. The number of thiazole rings is 1. The fraction of sp³-hybridized carbons (Fsp3) is 0.348. The van der Waals surface area contributed by atoms with E-state index in [4.69, 9.17) is 14.5 Å². The summed E-state index contributed by atoms with van der Waals surface area (Å²) in [6.45, 7) is 9.54. The second-order valence-electron chi connectivity index (χ2n) is 7.38. The van der Waals surface area contributed by atoms with Gasteiger partial charge in [-0.2, -0.15) is 0 Å². The lowest BCUT2D eigenvalue weighted by Crippen LogP contribution is -2.19. The Morgan fingerprint density at radius 3 is 2.50 bits per heavy atom. The number of hydrogen-bond donors (Lipinski definition) is 0. The minimum atomic E-state index is 0.496. The van der Waals surface area contributed by atoms with Gasteiger partial charge in [-0.25, -0.2) is 4.99 Å². The summed E-state index contributed by atoms with van der Waals surface area (Å²) in [6, 6.07) is 12.3. The highest BCUT2D eigenvalue weighted by atomic mass is 32.1. The molecule has 1 heterocycles. The second kappa shape index (κ2) is 8.65. The predicted octanol–water partition coefficient (Wildman–Crippen LogP) is 5.74. The van der Waals surface area contributed by atoms with Crippen LogP contribution >= 0.6 is 11.3 Å². The van der Waals surface area contributed by atoms with Gasteiger partial charge in [0.2, 0.25) is 0 Å². The maximum atomic E-state index is 5.65. The fourth-order valence-corrected chi connectivity index (χ4v) is 4.05. The van der Waals surface area contributed by atoms with Crippen LogP contribution in [0.1, 0.15) is 25.0 Å². The van der Waals surface area contributed by atoms with Crippen molar-refractivity contribution in [3.8, 4) is 22.8 Å². The first kappa shape index (κ1) is 20.2. The number of ether oxygens (including phenoxy) is 2. The summed E-state index contributed by atoms with van der Waals surface area (Å²) in [5.74, 6) is 2.08. The molecule has 28 heavy (non-hydrogen) atoms. The van der Waals surface area contributed by atoms with Gasteiger partial charge in [0.1, 0.15) is 11.5 Å². The van der Waals surface area contributed by atoms with Crippen molar-refractivity contribution in [2.45, 2.75) is 34.2 Å². The number of nitrogens with zero attached hydrogens (tertiary/aromatic N) is 2. The van der Waals surface area contributed by atoms with Gasteiger partial charge < -0.3 is 14.0 Å². The third kappa shape index (κ3) is 4.30. The van der Waals surface area contributed by atoms with Gasteiger partial charge >= 0.3 is 0 Å². The Labute approximate surface area is 171 Å². The van der Waals surface area contributed by atoms with E-state index in [1.54, 1.807) is 25.6 Å². The number of rotatable bonds is 6. The number of aromatic nitrogens is 1. The van der Waals surface area contributed by atoms with E-state index in [1.165, 1.54) is 11.1 Å². The SMILES string of the molecule is COc1ccc(-c2csc(=Nc3cc(C)ccc3C)n2CC(C)C)c(OC)c1. The molecule has 2 aromatic carbocycles. The van der Waals surface area contributed by atoms with Crippen molar-refractivity contribution in [3.63, 3.8) is 0 Å². The minimum Gasteiger partial charge on any atom is -0.497 e. The first-order valence-corrected chi connectivity index (χ1v) is 10.3. The lowest BCUT2D eigenvalue weighted by atomic mass is 10.1. The zero-order valence-corrected chi connectivity index (χ0v) is 18.3. The molecule has 0 radical (unpaired) electrons. The zero-order valence-electron chi connectivity index (χ0n) is 17.4. The predicted molar refractivity (Wildman–Crippen MR) is 117 cm³/mol. The maximum absolute atomic E-state index is 5.65. The third-order valence-corrected chi connectivity index (χ3v) is 5.47. The molecule has 0 unspecified atom stereocenters. The van der Waals surface area contributed by atoms with Gasteiger partial charge in [-0.15, -0.1) is 11.3 Å². The molecule has 0 N–H and O–H groups in total. The highest BCUT2D eigenvalue weighted by Crippen LogP contribution is 2.34. The summed E-state index contributed by atoms with van der Waals surface area (Å²) in [6.07, 6.45) is 0. The van der Waals surface area contributed by atoms with Gasteiger partial charge in [-0.05, 0) is 49.1 Å². The van der Waals surface area contributed by atoms with Crippen molar-refractivity contribution in [3.05, 3.63) is 57.7 Å². The van der Waals surface area contributed by atoms with Crippen LogP contribution in [0.3, 0.4) is 0 Å². The Balaban J connectivity index is 2.19.